The monoisotopic (exact) mass is 427 g/mol. The predicted molar refractivity (Wildman–Crippen MR) is 126 cm³/mol. The number of para-hydroxylation sites is 2. The van der Waals surface area contributed by atoms with E-state index < -0.39 is 0 Å². The summed E-state index contributed by atoms with van der Waals surface area (Å²) < 4.78 is 11.9. The van der Waals surface area contributed by atoms with E-state index in [2.05, 4.69) is 14.9 Å². The molecule has 0 aliphatic rings. The van der Waals surface area contributed by atoms with Crippen LogP contribution in [0.25, 0.3) is 0 Å². The molecule has 4 aromatic rings. The second-order valence-corrected chi connectivity index (χ2v) is 7.17. The molecule has 4 rings (SSSR count). The standard InChI is InChI=1S/C26H25N3O3/c1-31-24-14-7-13-23(25(24)32-18-15-21-10-5-6-16-27-21)29(22-11-3-2-4-12-22)19-20-9-8-17-28-26(20)30/h2-14,16-17H,15,18-19H2,1H3,(H,28,30). The normalized spacial score (nSPS) is 10.5. The number of anilines is 2. The molecule has 6 heteroatoms. The van der Waals surface area contributed by atoms with E-state index in [0.717, 1.165) is 17.1 Å². The third-order valence-corrected chi connectivity index (χ3v) is 5.10. The molecule has 0 aliphatic heterocycles. The Kier molecular flexibility index (Phi) is 6.82. The van der Waals surface area contributed by atoms with E-state index in [1.54, 1.807) is 19.5 Å². The van der Waals surface area contributed by atoms with Crippen LogP contribution in [0.1, 0.15) is 11.3 Å². The molecule has 0 fully saturated rings. The van der Waals surface area contributed by atoms with Gasteiger partial charge in [0.1, 0.15) is 0 Å². The molecule has 6 nitrogen and oxygen atoms in total. The molecule has 0 aliphatic carbocycles. The summed E-state index contributed by atoms with van der Waals surface area (Å²) in [6.07, 6.45) is 4.08. The van der Waals surface area contributed by atoms with E-state index >= 15 is 0 Å². The number of aromatic nitrogens is 2. The number of nitrogens with zero attached hydrogens (tertiary/aromatic N) is 2. The highest BCUT2D eigenvalue weighted by atomic mass is 16.5. The first-order chi connectivity index (χ1) is 15.8. The number of rotatable bonds is 9. The van der Waals surface area contributed by atoms with Crippen LogP contribution in [0.15, 0.2) is 96.1 Å². The second-order valence-electron chi connectivity index (χ2n) is 7.17. The van der Waals surface area contributed by atoms with Gasteiger partial charge in [-0.05, 0) is 42.5 Å². The molecule has 0 spiro atoms. The number of methoxy groups -OCH3 is 1. The lowest BCUT2D eigenvalue weighted by Crippen LogP contribution is -2.23. The number of hydrogen-bond donors (Lipinski definition) is 1. The van der Waals surface area contributed by atoms with Gasteiger partial charge in [-0.1, -0.05) is 36.4 Å². The Bertz CT molecular complexity index is 1190. The summed E-state index contributed by atoms with van der Waals surface area (Å²) >= 11 is 0. The minimum Gasteiger partial charge on any atom is -0.493 e. The maximum absolute atomic E-state index is 12.4. The molecule has 1 N–H and O–H groups in total. The fourth-order valence-corrected chi connectivity index (χ4v) is 3.50. The van der Waals surface area contributed by atoms with Crippen LogP contribution < -0.4 is 19.9 Å². The van der Waals surface area contributed by atoms with Crippen molar-refractivity contribution >= 4 is 11.4 Å². The number of aromatic amines is 1. The first kappa shape index (κ1) is 21.2. The number of pyridine rings is 2. The van der Waals surface area contributed by atoms with Gasteiger partial charge in [0.2, 0.25) is 0 Å². The van der Waals surface area contributed by atoms with Crippen LogP contribution in [0.5, 0.6) is 11.5 Å². The Hall–Kier alpha value is -4.06. The van der Waals surface area contributed by atoms with Crippen molar-refractivity contribution in [1.82, 2.24) is 9.97 Å². The third kappa shape index (κ3) is 4.98. The zero-order valence-electron chi connectivity index (χ0n) is 17.9. The van der Waals surface area contributed by atoms with E-state index in [-0.39, 0.29) is 5.56 Å². The molecule has 0 radical (unpaired) electrons. The minimum atomic E-state index is -0.117. The molecule has 0 amide bonds. The maximum atomic E-state index is 12.4. The Morgan fingerprint density at radius 3 is 2.53 bits per heavy atom. The summed E-state index contributed by atoms with van der Waals surface area (Å²) in [7, 11) is 1.62. The SMILES string of the molecule is COc1cccc(N(Cc2ccc[nH]c2=O)c2ccccc2)c1OCCc1ccccn1. The van der Waals surface area contributed by atoms with Crippen molar-refractivity contribution in [3.8, 4) is 11.5 Å². The van der Waals surface area contributed by atoms with Gasteiger partial charge in [-0.25, -0.2) is 0 Å². The van der Waals surface area contributed by atoms with Gasteiger partial charge in [0, 0.05) is 35.8 Å². The molecule has 0 unspecified atom stereocenters. The van der Waals surface area contributed by atoms with Crippen LogP contribution in [0.2, 0.25) is 0 Å². The van der Waals surface area contributed by atoms with Crippen LogP contribution in [-0.2, 0) is 13.0 Å². The first-order valence-electron chi connectivity index (χ1n) is 10.4. The average molecular weight is 428 g/mol. The van der Waals surface area contributed by atoms with Crippen LogP contribution in [0, 0.1) is 0 Å². The highest BCUT2D eigenvalue weighted by Crippen LogP contribution is 2.41. The zero-order valence-corrected chi connectivity index (χ0v) is 17.9. The zero-order chi connectivity index (χ0) is 22.2. The summed E-state index contributed by atoms with van der Waals surface area (Å²) in [5.41, 5.74) is 3.26. The molecule has 0 saturated carbocycles. The van der Waals surface area contributed by atoms with Crippen molar-refractivity contribution in [3.05, 3.63) is 113 Å². The van der Waals surface area contributed by atoms with Crippen molar-refractivity contribution < 1.29 is 9.47 Å². The van der Waals surface area contributed by atoms with Gasteiger partial charge < -0.3 is 19.4 Å². The second kappa shape index (κ2) is 10.3. The van der Waals surface area contributed by atoms with Gasteiger partial charge in [-0.15, -0.1) is 0 Å². The Morgan fingerprint density at radius 2 is 1.78 bits per heavy atom. The van der Waals surface area contributed by atoms with Gasteiger partial charge >= 0.3 is 0 Å². The summed E-state index contributed by atoms with van der Waals surface area (Å²) in [4.78, 5) is 21.6. The lowest BCUT2D eigenvalue weighted by molar-refractivity contribution is 0.297. The Labute approximate surface area is 187 Å². The average Bonchev–Trinajstić information content (AvgIpc) is 2.85. The van der Waals surface area contributed by atoms with E-state index in [1.807, 2.05) is 78.9 Å². The minimum absolute atomic E-state index is 0.117. The van der Waals surface area contributed by atoms with Crippen molar-refractivity contribution in [2.75, 3.05) is 18.6 Å². The number of hydrogen-bond acceptors (Lipinski definition) is 5. The van der Waals surface area contributed by atoms with Gasteiger partial charge in [-0.2, -0.15) is 0 Å². The first-order valence-corrected chi connectivity index (χ1v) is 10.4. The molecule has 2 aromatic heterocycles. The van der Waals surface area contributed by atoms with Gasteiger partial charge in [0.05, 0.1) is 25.9 Å². The quantitative estimate of drug-likeness (QED) is 0.418. The Morgan fingerprint density at radius 1 is 0.938 bits per heavy atom. The molecule has 162 valence electrons. The van der Waals surface area contributed by atoms with Crippen LogP contribution in [-0.4, -0.2) is 23.7 Å². The third-order valence-electron chi connectivity index (χ3n) is 5.10. The summed E-state index contributed by atoms with van der Waals surface area (Å²) in [6.45, 7) is 0.822. The van der Waals surface area contributed by atoms with Crippen molar-refractivity contribution in [3.63, 3.8) is 0 Å². The molecule has 2 aromatic carbocycles. The van der Waals surface area contributed by atoms with Crippen LogP contribution in [0.3, 0.4) is 0 Å². The molecule has 32 heavy (non-hydrogen) atoms. The molecule has 0 saturated heterocycles. The van der Waals surface area contributed by atoms with Gasteiger partial charge in [0.15, 0.2) is 11.5 Å². The van der Waals surface area contributed by atoms with E-state index in [1.165, 1.54) is 0 Å². The van der Waals surface area contributed by atoms with Gasteiger partial charge in [0.25, 0.3) is 5.56 Å². The number of ether oxygens (including phenoxy) is 2. The predicted octanol–water partition coefficient (Wildman–Crippen LogP) is 4.74. The fourth-order valence-electron chi connectivity index (χ4n) is 3.50. The summed E-state index contributed by atoms with van der Waals surface area (Å²) in [6, 6.07) is 25.2. The largest absolute Gasteiger partial charge is 0.493 e. The van der Waals surface area contributed by atoms with Crippen molar-refractivity contribution in [1.29, 1.82) is 0 Å². The maximum Gasteiger partial charge on any atom is 0.252 e. The topological polar surface area (TPSA) is 67.5 Å². The van der Waals surface area contributed by atoms with E-state index in [0.29, 0.717) is 36.6 Å². The number of H-pyrrole nitrogens is 1. The molecular weight excluding hydrogens is 402 g/mol. The lowest BCUT2D eigenvalue weighted by Gasteiger charge is -2.27. The Balaban J connectivity index is 1.70. The van der Waals surface area contributed by atoms with E-state index in [4.69, 9.17) is 9.47 Å². The van der Waals surface area contributed by atoms with E-state index in [9.17, 15) is 4.79 Å². The van der Waals surface area contributed by atoms with Gasteiger partial charge in [-0.3, -0.25) is 9.78 Å². The molecular formula is C26H25N3O3. The smallest absolute Gasteiger partial charge is 0.252 e. The number of nitrogens with one attached hydrogen (secondary N) is 1. The lowest BCUT2D eigenvalue weighted by atomic mass is 10.1. The van der Waals surface area contributed by atoms with Crippen molar-refractivity contribution in [2.45, 2.75) is 13.0 Å². The highest BCUT2D eigenvalue weighted by molar-refractivity contribution is 5.72. The van der Waals surface area contributed by atoms with Crippen molar-refractivity contribution in [2.24, 2.45) is 0 Å². The highest BCUT2D eigenvalue weighted by Gasteiger charge is 2.20. The molecule has 0 atom stereocenters. The summed E-state index contributed by atoms with van der Waals surface area (Å²) in [5, 5.41) is 0. The number of benzene rings is 2. The fraction of sp³-hybridized carbons (Fsp3) is 0.154. The summed E-state index contributed by atoms with van der Waals surface area (Å²) in [5.74, 6) is 1.26. The molecule has 0 bridgehead atoms. The molecule has 2 heterocycles. The van der Waals surface area contributed by atoms with Crippen LogP contribution >= 0.6 is 0 Å². The van der Waals surface area contributed by atoms with Crippen LogP contribution in [0.4, 0.5) is 11.4 Å².